The average molecular weight is 522 g/mol. The molecule has 194 valence electrons. The summed E-state index contributed by atoms with van der Waals surface area (Å²) in [6.07, 6.45) is -17.0. The molecule has 0 amide bonds. The number of hydrogen-bond donors (Lipinski definition) is 0. The van der Waals surface area contributed by atoms with Gasteiger partial charge < -0.3 is 8.85 Å². The zero-order valence-corrected chi connectivity index (χ0v) is 18.4. The van der Waals surface area contributed by atoms with Gasteiger partial charge in [0.2, 0.25) is 12.0 Å². The molecule has 0 aliphatic carbocycles. The molecule has 0 radical (unpaired) electrons. The highest BCUT2D eigenvalue weighted by Crippen LogP contribution is 2.57. The third kappa shape index (κ3) is 5.47. The van der Waals surface area contributed by atoms with Gasteiger partial charge in [-0.25, -0.2) is 22.0 Å². The van der Waals surface area contributed by atoms with E-state index in [-0.39, 0.29) is 0 Å². The van der Waals surface area contributed by atoms with Crippen molar-refractivity contribution in [3.05, 3.63) is 0 Å². The summed E-state index contributed by atoms with van der Waals surface area (Å²) in [6.45, 7) is 5.45. The maximum atomic E-state index is 14.8. The summed E-state index contributed by atoms with van der Waals surface area (Å²) in [7, 11) is -5.21. The van der Waals surface area contributed by atoms with Crippen LogP contribution < -0.4 is 0 Å². The van der Waals surface area contributed by atoms with Gasteiger partial charge in [0, 0.05) is 12.2 Å². The van der Waals surface area contributed by atoms with Crippen LogP contribution in [0.15, 0.2) is 0 Å². The molecule has 3 atom stereocenters. The fourth-order valence-electron chi connectivity index (χ4n) is 2.65. The van der Waals surface area contributed by atoms with Crippen molar-refractivity contribution in [2.45, 2.75) is 101 Å². The fourth-order valence-corrected chi connectivity index (χ4v) is 5.96. The molecule has 3 unspecified atom stereocenters. The molecule has 0 spiro atoms. The Hall–Kier alpha value is -0.773. The maximum absolute atomic E-state index is 14.8. The van der Waals surface area contributed by atoms with E-state index in [9.17, 15) is 57.1 Å². The second kappa shape index (κ2) is 10.2. The molecule has 0 aromatic heterocycles. The van der Waals surface area contributed by atoms with Gasteiger partial charge in [0.05, 0.1) is 0 Å². The summed E-state index contributed by atoms with van der Waals surface area (Å²) in [5, 5.41) is 0. The van der Waals surface area contributed by atoms with Crippen LogP contribution in [0.2, 0.25) is 6.04 Å². The van der Waals surface area contributed by atoms with Crippen LogP contribution in [0.25, 0.3) is 0 Å². The Balaban J connectivity index is 6.55. The van der Waals surface area contributed by atoms with Gasteiger partial charge in [-0.1, -0.05) is 6.92 Å². The van der Waals surface area contributed by atoms with Crippen molar-refractivity contribution in [2.75, 3.05) is 0 Å². The Bertz CT molecular complexity index is 590. The molecular formula is C16H23F13O2Si. The molecule has 2 nitrogen and oxygen atoms in total. The van der Waals surface area contributed by atoms with Crippen LogP contribution in [-0.4, -0.2) is 69.0 Å². The van der Waals surface area contributed by atoms with E-state index < -0.39 is 75.1 Å². The molecule has 0 aliphatic heterocycles. The van der Waals surface area contributed by atoms with Crippen molar-refractivity contribution >= 4 is 8.56 Å². The predicted octanol–water partition coefficient (Wildman–Crippen LogP) is 6.66. The standard InChI is InChI=1S/C16H23F13O2Si/c1-6-32(30-7(2)3,31-8(4)5)12(21)14(24,25)16(28,29)15(26,27)13(22,23)10(18)9(17)11(19)20/h7-12H,6H2,1-5H3. The zero-order chi connectivity index (χ0) is 26.1. The van der Waals surface area contributed by atoms with Gasteiger partial charge in [0.25, 0.3) is 6.43 Å². The third-order valence-electron chi connectivity index (χ3n) is 4.17. The topological polar surface area (TPSA) is 18.5 Å². The van der Waals surface area contributed by atoms with Crippen molar-refractivity contribution in [1.82, 2.24) is 0 Å². The van der Waals surface area contributed by atoms with Crippen LogP contribution in [0, 0.1) is 0 Å². The Morgan fingerprint density at radius 1 is 0.656 bits per heavy atom. The lowest BCUT2D eigenvalue weighted by Crippen LogP contribution is -2.72. The summed E-state index contributed by atoms with van der Waals surface area (Å²) in [6, 6.07) is -0.873. The monoisotopic (exact) mass is 522 g/mol. The van der Waals surface area contributed by atoms with Crippen LogP contribution in [0.1, 0.15) is 34.6 Å². The molecule has 0 saturated carbocycles. The van der Waals surface area contributed by atoms with Crippen LogP contribution in [-0.2, 0) is 8.85 Å². The first-order chi connectivity index (χ1) is 14.1. The van der Waals surface area contributed by atoms with Crippen LogP contribution >= 0.6 is 0 Å². The lowest BCUT2D eigenvalue weighted by molar-refractivity contribution is -0.384. The molecule has 32 heavy (non-hydrogen) atoms. The van der Waals surface area contributed by atoms with Crippen molar-refractivity contribution in [3.8, 4) is 0 Å². The van der Waals surface area contributed by atoms with Crippen molar-refractivity contribution < 1.29 is 65.9 Å². The predicted molar refractivity (Wildman–Crippen MR) is 89.2 cm³/mol. The Morgan fingerprint density at radius 3 is 1.28 bits per heavy atom. The van der Waals surface area contributed by atoms with E-state index in [0.29, 0.717) is 0 Å². The van der Waals surface area contributed by atoms with Crippen molar-refractivity contribution in [3.63, 3.8) is 0 Å². The van der Waals surface area contributed by atoms with Gasteiger partial charge in [0.15, 0.2) is 6.17 Å². The Morgan fingerprint density at radius 2 is 1.00 bits per heavy atom. The smallest absolute Gasteiger partial charge is 0.381 e. The van der Waals surface area contributed by atoms with E-state index in [1.165, 1.54) is 0 Å². The van der Waals surface area contributed by atoms with E-state index >= 15 is 0 Å². The maximum Gasteiger partial charge on any atom is 0.381 e. The normalized spacial score (nSPS) is 17.9. The van der Waals surface area contributed by atoms with E-state index in [2.05, 4.69) is 0 Å². The molecule has 0 bridgehead atoms. The lowest BCUT2D eigenvalue weighted by atomic mass is 9.94. The van der Waals surface area contributed by atoms with E-state index in [1.54, 1.807) is 0 Å². The van der Waals surface area contributed by atoms with Gasteiger partial charge in [0.1, 0.15) is 0 Å². The number of halogens is 13. The molecule has 0 aromatic rings. The van der Waals surface area contributed by atoms with E-state index in [0.717, 1.165) is 34.6 Å². The minimum atomic E-state index is -7.50. The van der Waals surface area contributed by atoms with Gasteiger partial charge in [-0.3, -0.25) is 0 Å². The van der Waals surface area contributed by atoms with E-state index in [1.807, 2.05) is 0 Å². The molecule has 0 aromatic carbocycles. The van der Waals surface area contributed by atoms with Crippen LogP contribution in [0.5, 0.6) is 0 Å². The molecule has 0 N–H and O–H groups in total. The first-order valence-corrected chi connectivity index (χ1v) is 11.2. The number of alkyl halides is 13. The molecule has 0 aliphatic rings. The minimum Gasteiger partial charge on any atom is -0.390 e. The van der Waals surface area contributed by atoms with Crippen LogP contribution in [0.3, 0.4) is 0 Å². The van der Waals surface area contributed by atoms with Gasteiger partial charge in [-0.2, -0.15) is 35.1 Å². The first-order valence-electron chi connectivity index (χ1n) is 9.14. The fraction of sp³-hybridized carbons (Fsp3) is 1.00. The highest BCUT2D eigenvalue weighted by Gasteiger charge is 2.86. The summed E-state index contributed by atoms with van der Waals surface area (Å²) >= 11 is 0. The molecule has 16 heteroatoms. The second-order valence-corrected chi connectivity index (χ2v) is 10.7. The summed E-state index contributed by atoms with van der Waals surface area (Å²) in [5.74, 6) is -33.1. The SMILES string of the molecule is CC[Si](OC(C)C)(OC(C)C)C(F)C(F)(F)C(F)(F)C(F)(F)C(F)(F)C(F)C(F)C(F)F. The number of hydrogen-bond acceptors (Lipinski definition) is 2. The molecule has 0 rings (SSSR count). The molecular weight excluding hydrogens is 499 g/mol. The van der Waals surface area contributed by atoms with Crippen molar-refractivity contribution in [1.29, 1.82) is 0 Å². The van der Waals surface area contributed by atoms with Gasteiger partial charge in [-0.05, 0) is 33.7 Å². The van der Waals surface area contributed by atoms with Gasteiger partial charge >= 0.3 is 32.3 Å². The molecule has 0 saturated heterocycles. The van der Waals surface area contributed by atoms with E-state index in [4.69, 9.17) is 8.85 Å². The third-order valence-corrected chi connectivity index (χ3v) is 8.03. The second-order valence-electron chi connectivity index (χ2n) is 7.44. The van der Waals surface area contributed by atoms with Gasteiger partial charge in [-0.15, -0.1) is 0 Å². The molecule has 0 fully saturated rings. The van der Waals surface area contributed by atoms with Crippen LogP contribution in [0.4, 0.5) is 57.1 Å². The average Bonchev–Trinajstić information content (AvgIpc) is 2.63. The highest BCUT2D eigenvalue weighted by molar-refractivity contribution is 6.69. The quantitative estimate of drug-likeness (QED) is 0.199. The minimum absolute atomic E-state index is 0.873. The number of rotatable bonds is 13. The zero-order valence-electron chi connectivity index (χ0n) is 17.4. The summed E-state index contributed by atoms with van der Waals surface area (Å²) < 4.78 is 187. The summed E-state index contributed by atoms with van der Waals surface area (Å²) in [5.41, 5.74) is 0. The Kier molecular flexibility index (Phi) is 9.99. The summed E-state index contributed by atoms with van der Waals surface area (Å²) in [4.78, 5) is 0. The van der Waals surface area contributed by atoms with Crippen molar-refractivity contribution in [2.24, 2.45) is 0 Å². The Labute approximate surface area is 176 Å². The molecule has 0 heterocycles. The largest absolute Gasteiger partial charge is 0.390 e. The lowest BCUT2D eigenvalue weighted by Gasteiger charge is -2.43. The highest BCUT2D eigenvalue weighted by atomic mass is 28.4. The first kappa shape index (κ1) is 31.2.